The average Bonchev–Trinajstić information content (AvgIpc) is 2.89. The lowest BCUT2D eigenvalue weighted by molar-refractivity contribution is 0.580. The Bertz CT molecular complexity index is 711. The average molecular weight is 308 g/mol. The summed E-state index contributed by atoms with van der Waals surface area (Å²) in [5.41, 5.74) is 9.45. The molecule has 1 aromatic heterocycles. The molecule has 0 aliphatic rings. The van der Waals surface area contributed by atoms with Crippen molar-refractivity contribution in [2.24, 2.45) is 0 Å². The summed E-state index contributed by atoms with van der Waals surface area (Å²) in [6, 6.07) is 1.80. The van der Waals surface area contributed by atoms with Gasteiger partial charge in [0.25, 0.3) is 0 Å². The molecule has 6 nitrogen and oxygen atoms in total. The summed E-state index contributed by atoms with van der Waals surface area (Å²) in [6.07, 6.45) is 3.80. The maximum atomic E-state index is 12.5. The van der Waals surface area contributed by atoms with Gasteiger partial charge in [-0.3, -0.25) is 0 Å². The first-order valence-electron chi connectivity index (χ1n) is 6.66. The lowest BCUT2D eigenvalue weighted by atomic mass is 10.1. The smallest absolute Gasteiger partial charge is 0.241 e. The molecule has 0 aliphatic heterocycles. The van der Waals surface area contributed by atoms with Gasteiger partial charge in [0.1, 0.15) is 0 Å². The topological polar surface area (TPSA) is 101 Å². The molecule has 0 radical (unpaired) electrons. The van der Waals surface area contributed by atoms with Crippen molar-refractivity contribution in [3.05, 3.63) is 41.0 Å². The van der Waals surface area contributed by atoms with E-state index in [1.807, 2.05) is 6.92 Å². The van der Waals surface area contributed by atoms with Crippen molar-refractivity contribution in [3.8, 4) is 0 Å². The highest BCUT2D eigenvalue weighted by molar-refractivity contribution is 7.89. The number of nitrogens with zero attached hydrogens (tertiary/aromatic N) is 1. The minimum absolute atomic E-state index is 0.282. The summed E-state index contributed by atoms with van der Waals surface area (Å²) in [5.74, 6) is 0. The Kier molecular flexibility index (Phi) is 4.34. The van der Waals surface area contributed by atoms with Crippen LogP contribution in [0.25, 0.3) is 0 Å². The number of anilines is 1. The molecule has 2 aromatic rings. The number of aromatic amines is 1. The maximum absolute atomic E-state index is 12.5. The second-order valence-corrected chi connectivity index (χ2v) is 6.79. The molecule has 1 heterocycles. The van der Waals surface area contributed by atoms with Gasteiger partial charge in [0.05, 0.1) is 11.2 Å². The molecule has 0 fully saturated rings. The Morgan fingerprint density at radius 2 is 2.00 bits per heavy atom. The number of H-pyrrole nitrogens is 1. The summed E-state index contributed by atoms with van der Waals surface area (Å²) in [6.45, 7) is 5.68. The molecular formula is C14H20N4O2S. The van der Waals surface area contributed by atoms with Gasteiger partial charge in [0.2, 0.25) is 10.0 Å². The van der Waals surface area contributed by atoms with Gasteiger partial charge in [0.15, 0.2) is 0 Å². The third-order valence-corrected chi connectivity index (χ3v) is 5.32. The van der Waals surface area contributed by atoms with Gasteiger partial charge in [-0.15, -0.1) is 0 Å². The molecule has 0 spiro atoms. The number of hydrogen-bond acceptors (Lipinski definition) is 4. The minimum Gasteiger partial charge on any atom is -0.398 e. The van der Waals surface area contributed by atoms with Crippen LogP contribution in [0.15, 0.2) is 23.5 Å². The minimum atomic E-state index is -3.58. The fourth-order valence-electron chi connectivity index (χ4n) is 2.26. The van der Waals surface area contributed by atoms with Crippen LogP contribution in [0.1, 0.15) is 22.4 Å². The number of aromatic nitrogens is 2. The van der Waals surface area contributed by atoms with Gasteiger partial charge in [-0.2, -0.15) is 0 Å². The monoisotopic (exact) mass is 308 g/mol. The Balaban J connectivity index is 2.23. The Hall–Kier alpha value is -1.86. The lowest BCUT2D eigenvalue weighted by Gasteiger charge is -2.15. The fourth-order valence-corrected chi connectivity index (χ4v) is 3.86. The van der Waals surface area contributed by atoms with Gasteiger partial charge in [-0.05, 0) is 43.5 Å². The number of hydrogen-bond donors (Lipinski definition) is 3. The first-order valence-corrected chi connectivity index (χ1v) is 8.14. The molecule has 0 amide bonds. The summed E-state index contributed by atoms with van der Waals surface area (Å²) in [4.78, 5) is 7.12. The van der Waals surface area contributed by atoms with Gasteiger partial charge in [0, 0.05) is 30.5 Å². The van der Waals surface area contributed by atoms with Crippen LogP contribution in [-0.2, 0) is 16.4 Å². The van der Waals surface area contributed by atoms with Crippen LogP contribution in [0.5, 0.6) is 0 Å². The summed E-state index contributed by atoms with van der Waals surface area (Å²) >= 11 is 0. The van der Waals surface area contributed by atoms with Crippen LogP contribution in [-0.4, -0.2) is 24.9 Å². The normalized spacial score (nSPS) is 11.8. The van der Waals surface area contributed by atoms with Crippen molar-refractivity contribution in [2.45, 2.75) is 32.1 Å². The van der Waals surface area contributed by atoms with Gasteiger partial charge >= 0.3 is 0 Å². The van der Waals surface area contributed by atoms with Crippen molar-refractivity contribution in [3.63, 3.8) is 0 Å². The Morgan fingerprint density at radius 1 is 1.29 bits per heavy atom. The first-order chi connectivity index (χ1) is 9.83. The number of nitrogens with two attached hydrogens (primary N) is 1. The molecule has 0 bridgehead atoms. The number of aryl methyl sites for hydroxylation is 1. The van der Waals surface area contributed by atoms with Gasteiger partial charge in [-0.25, -0.2) is 18.1 Å². The number of nitrogen functional groups attached to an aromatic ring is 1. The highest BCUT2D eigenvalue weighted by Gasteiger charge is 2.21. The standard InChI is InChI=1S/C14H20N4O2S/c1-9-6-13(15)11(3)14(10(9)2)21(19,20)18-5-4-12-7-16-8-17-12/h6-8,18H,4-5,15H2,1-3H3,(H,16,17). The number of sulfonamides is 1. The van der Waals surface area contributed by atoms with Crippen LogP contribution in [0.3, 0.4) is 0 Å². The van der Waals surface area contributed by atoms with Crippen LogP contribution < -0.4 is 10.5 Å². The van der Waals surface area contributed by atoms with E-state index in [9.17, 15) is 8.42 Å². The summed E-state index contributed by atoms with van der Waals surface area (Å²) in [5, 5.41) is 0. The maximum Gasteiger partial charge on any atom is 0.241 e. The van der Waals surface area contributed by atoms with E-state index in [0.29, 0.717) is 24.2 Å². The Morgan fingerprint density at radius 3 is 2.62 bits per heavy atom. The second kappa shape index (κ2) is 5.87. The SMILES string of the molecule is Cc1cc(N)c(C)c(S(=O)(=O)NCCc2cnc[nH]2)c1C. The molecule has 114 valence electrons. The van der Waals surface area contributed by atoms with E-state index in [4.69, 9.17) is 5.73 Å². The second-order valence-electron chi connectivity index (χ2n) is 5.09. The van der Waals surface area contributed by atoms with Crippen LogP contribution in [0.4, 0.5) is 5.69 Å². The number of rotatable bonds is 5. The molecule has 0 aliphatic carbocycles. The van der Waals surface area contributed by atoms with Crippen molar-refractivity contribution < 1.29 is 8.42 Å². The van der Waals surface area contributed by atoms with E-state index in [1.54, 1.807) is 32.4 Å². The van der Waals surface area contributed by atoms with Crippen LogP contribution in [0, 0.1) is 20.8 Å². The molecule has 7 heteroatoms. The van der Waals surface area contributed by atoms with Crippen molar-refractivity contribution in [2.75, 3.05) is 12.3 Å². The van der Waals surface area contributed by atoms with E-state index in [0.717, 1.165) is 16.8 Å². The Labute approximate surface area is 124 Å². The van der Waals surface area contributed by atoms with Gasteiger partial charge < -0.3 is 10.7 Å². The van der Waals surface area contributed by atoms with Crippen LogP contribution in [0.2, 0.25) is 0 Å². The number of nitrogens with one attached hydrogen (secondary N) is 2. The van der Waals surface area contributed by atoms with E-state index in [1.165, 1.54) is 0 Å². The largest absolute Gasteiger partial charge is 0.398 e. The zero-order valence-corrected chi connectivity index (χ0v) is 13.2. The summed E-state index contributed by atoms with van der Waals surface area (Å²) < 4.78 is 27.6. The summed E-state index contributed by atoms with van der Waals surface area (Å²) in [7, 11) is -3.58. The molecule has 21 heavy (non-hydrogen) atoms. The molecule has 2 rings (SSSR count). The fraction of sp³-hybridized carbons (Fsp3) is 0.357. The van der Waals surface area contributed by atoms with E-state index < -0.39 is 10.0 Å². The molecule has 0 saturated heterocycles. The highest BCUT2D eigenvalue weighted by atomic mass is 32.2. The molecular weight excluding hydrogens is 288 g/mol. The third-order valence-electron chi connectivity index (χ3n) is 3.59. The molecule has 0 unspecified atom stereocenters. The zero-order chi connectivity index (χ0) is 15.6. The van der Waals surface area contributed by atoms with Crippen molar-refractivity contribution >= 4 is 15.7 Å². The molecule has 4 N–H and O–H groups in total. The third kappa shape index (κ3) is 3.25. The van der Waals surface area contributed by atoms with Crippen molar-refractivity contribution in [1.82, 2.24) is 14.7 Å². The van der Waals surface area contributed by atoms with E-state index in [-0.39, 0.29) is 4.90 Å². The van der Waals surface area contributed by atoms with E-state index in [2.05, 4.69) is 14.7 Å². The number of imidazole rings is 1. The molecule has 1 aromatic carbocycles. The quantitative estimate of drug-likeness (QED) is 0.727. The predicted octanol–water partition coefficient (Wildman–Crippen LogP) is 1.44. The first kappa shape index (κ1) is 15.5. The van der Waals surface area contributed by atoms with Gasteiger partial charge in [-0.1, -0.05) is 0 Å². The van der Waals surface area contributed by atoms with Crippen molar-refractivity contribution in [1.29, 1.82) is 0 Å². The lowest BCUT2D eigenvalue weighted by Crippen LogP contribution is -2.28. The molecule has 0 saturated carbocycles. The van der Waals surface area contributed by atoms with Crippen LogP contribution >= 0.6 is 0 Å². The highest BCUT2D eigenvalue weighted by Crippen LogP contribution is 2.27. The molecule has 0 atom stereocenters. The number of benzene rings is 1. The zero-order valence-electron chi connectivity index (χ0n) is 12.4. The predicted molar refractivity (Wildman–Crippen MR) is 82.5 cm³/mol. The van der Waals surface area contributed by atoms with E-state index >= 15 is 0 Å².